The van der Waals surface area contributed by atoms with Crippen LogP contribution in [-0.2, 0) is 13.1 Å². The number of likely N-dealkylation sites (tertiary alicyclic amines) is 1. The molecule has 2 heterocycles. The molecule has 1 saturated heterocycles. The van der Waals surface area contributed by atoms with Crippen molar-refractivity contribution in [1.82, 2.24) is 10.2 Å². The van der Waals surface area contributed by atoms with Gasteiger partial charge in [-0.1, -0.05) is 6.07 Å². The van der Waals surface area contributed by atoms with Crippen LogP contribution in [-0.4, -0.2) is 35.1 Å². The van der Waals surface area contributed by atoms with E-state index in [1.54, 1.807) is 0 Å². The summed E-state index contributed by atoms with van der Waals surface area (Å²) in [4.78, 5) is 14.2. The SMILES string of the molecule is O=C(c1ccc2c(c1)CNC2)N1CCCC1CO. The van der Waals surface area contributed by atoms with Gasteiger partial charge in [-0.05, 0) is 36.1 Å². The number of nitrogens with zero attached hydrogens (tertiary/aromatic N) is 1. The number of carbonyl (C=O) groups is 1. The summed E-state index contributed by atoms with van der Waals surface area (Å²) >= 11 is 0. The lowest BCUT2D eigenvalue weighted by Gasteiger charge is -2.23. The molecule has 0 spiro atoms. The zero-order valence-electron chi connectivity index (χ0n) is 10.4. The Balaban J connectivity index is 1.84. The Morgan fingerprint density at radius 2 is 2.22 bits per heavy atom. The van der Waals surface area contributed by atoms with E-state index >= 15 is 0 Å². The first-order valence-electron chi connectivity index (χ1n) is 6.54. The van der Waals surface area contributed by atoms with Crippen molar-refractivity contribution in [3.05, 3.63) is 34.9 Å². The molecule has 0 aliphatic carbocycles. The molecule has 1 fully saturated rings. The third-order valence-corrected chi connectivity index (χ3v) is 3.93. The molecule has 1 amide bonds. The Bertz CT molecular complexity index is 473. The standard InChI is InChI=1S/C14H18N2O2/c17-9-13-2-1-5-16(13)14(18)10-3-4-11-7-15-8-12(11)6-10/h3-4,6,13,15,17H,1-2,5,7-9H2. The molecule has 1 aromatic carbocycles. The molecule has 0 radical (unpaired) electrons. The van der Waals surface area contributed by atoms with Gasteiger partial charge >= 0.3 is 0 Å². The van der Waals surface area contributed by atoms with Gasteiger partial charge in [0.25, 0.3) is 5.91 Å². The third-order valence-electron chi connectivity index (χ3n) is 3.93. The Kier molecular flexibility index (Phi) is 3.06. The highest BCUT2D eigenvalue weighted by Crippen LogP contribution is 2.22. The maximum absolute atomic E-state index is 12.4. The van der Waals surface area contributed by atoms with E-state index in [1.165, 1.54) is 11.1 Å². The van der Waals surface area contributed by atoms with E-state index in [4.69, 9.17) is 0 Å². The minimum Gasteiger partial charge on any atom is -0.394 e. The van der Waals surface area contributed by atoms with E-state index in [0.717, 1.165) is 38.0 Å². The van der Waals surface area contributed by atoms with E-state index in [2.05, 4.69) is 5.32 Å². The second kappa shape index (κ2) is 4.71. The molecule has 18 heavy (non-hydrogen) atoms. The molecule has 1 aromatic rings. The second-order valence-corrected chi connectivity index (χ2v) is 5.06. The zero-order valence-corrected chi connectivity index (χ0v) is 10.4. The summed E-state index contributed by atoms with van der Waals surface area (Å²) in [6.07, 6.45) is 1.90. The molecule has 4 heteroatoms. The van der Waals surface area contributed by atoms with Gasteiger partial charge in [0.1, 0.15) is 0 Å². The van der Waals surface area contributed by atoms with Crippen LogP contribution in [0.3, 0.4) is 0 Å². The molecule has 2 N–H and O–H groups in total. The molecule has 3 rings (SSSR count). The van der Waals surface area contributed by atoms with Crippen LogP contribution in [0.4, 0.5) is 0 Å². The van der Waals surface area contributed by atoms with Gasteiger partial charge in [-0.3, -0.25) is 4.79 Å². The zero-order chi connectivity index (χ0) is 12.5. The topological polar surface area (TPSA) is 52.6 Å². The quantitative estimate of drug-likeness (QED) is 0.814. The van der Waals surface area contributed by atoms with E-state index in [9.17, 15) is 9.90 Å². The van der Waals surface area contributed by atoms with Gasteiger partial charge in [0.2, 0.25) is 0 Å². The largest absolute Gasteiger partial charge is 0.394 e. The molecule has 96 valence electrons. The van der Waals surface area contributed by atoms with Crippen molar-refractivity contribution in [2.45, 2.75) is 32.0 Å². The van der Waals surface area contributed by atoms with Gasteiger partial charge in [0, 0.05) is 25.2 Å². The summed E-state index contributed by atoms with van der Waals surface area (Å²) in [5.41, 5.74) is 3.25. The molecule has 2 aliphatic rings. The Morgan fingerprint density at radius 3 is 3.06 bits per heavy atom. The van der Waals surface area contributed by atoms with E-state index in [-0.39, 0.29) is 18.6 Å². The van der Waals surface area contributed by atoms with Crippen molar-refractivity contribution in [2.24, 2.45) is 0 Å². The molecule has 1 atom stereocenters. The highest BCUT2D eigenvalue weighted by atomic mass is 16.3. The Morgan fingerprint density at radius 1 is 1.39 bits per heavy atom. The number of aliphatic hydroxyl groups is 1. The number of benzene rings is 1. The molecule has 0 saturated carbocycles. The lowest BCUT2D eigenvalue weighted by molar-refractivity contribution is 0.0677. The van der Waals surface area contributed by atoms with Crippen LogP contribution < -0.4 is 5.32 Å². The number of fused-ring (bicyclic) bond motifs is 1. The number of nitrogens with one attached hydrogen (secondary N) is 1. The maximum atomic E-state index is 12.4. The van der Waals surface area contributed by atoms with Crippen molar-refractivity contribution in [3.63, 3.8) is 0 Å². The van der Waals surface area contributed by atoms with Crippen LogP contribution in [0, 0.1) is 0 Å². The number of hydrogen-bond donors (Lipinski definition) is 2. The maximum Gasteiger partial charge on any atom is 0.254 e. The van der Waals surface area contributed by atoms with Crippen LogP contribution in [0.5, 0.6) is 0 Å². The fourth-order valence-electron chi connectivity index (χ4n) is 2.89. The summed E-state index contributed by atoms with van der Waals surface area (Å²) in [6.45, 7) is 2.57. The Hall–Kier alpha value is -1.39. The van der Waals surface area contributed by atoms with Crippen molar-refractivity contribution in [2.75, 3.05) is 13.2 Å². The fraction of sp³-hybridized carbons (Fsp3) is 0.500. The minimum absolute atomic E-state index is 0.00359. The first-order chi connectivity index (χ1) is 8.79. The number of aliphatic hydroxyl groups excluding tert-OH is 1. The smallest absolute Gasteiger partial charge is 0.254 e. The average Bonchev–Trinajstić information content (AvgIpc) is 3.05. The van der Waals surface area contributed by atoms with Gasteiger partial charge < -0.3 is 15.3 Å². The van der Waals surface area contributed by atoms with E-state index in [1.807, 2.05) is 23.1 Å². The van der Waals surface area contributed by atoms with Crippen molar-refractivity contribution in [3.8, 4) is 0 Å². The average molecular weight is 246 g/mol. The van der Waals surface area contributed by atoms with Crippen LogP contribution in [0.2, 0.25) is 0 Å². The summed E-state index contributed by atoms with van der Waals surface area (Å²) < 4.78 is 0. The minimum atomic E-state index is 0.00359. The summed E-state index contributed by atoms with van der Waals surface area (Å²) in [6, 6.07) is 5.93. The predicted molar refractivity (Wildman–Crippen MR) is 68.1 cm³/mol. The molecule has 4 nitrogen and oxygen atoms in total. The first-order valence-corrected chi connectivity index (χ1v) is 6.54. The van der Waals surface area contributed by atoms with Crippen molar-refractivity contribution >= 4 is 5.91 Å². The third kappa shape index (κ3) is 1.91. The summed E-state index contributed by atoms with van der Waals surface area (Å²) in [7, 11) is 0. The van der Waals surface area contributed by atoms with Crippen molar-refractivity contribution < 1.29 is 9.90 Å². The summed E-state index contributed by atoms with van der Waals surface area (Å²) in [5.74, 6) is 0.0567. The molecule has 0 aromatic heterocycles. The van der Waals surface area contributed by atoms with Gasteiger partial charge in [-0.2, -0.15) is 0 Å². The predicted octanol–water partition coefficient (Wildman–Crippen LogP) is 0.887. The highest BCUT2D eigenvalue weighted by Gasteiger charge is 2.29. The lowest BCUT2D eigenvalue weighted by atomic mass is 10.1. The Labute approximate surface area is 107 Å². The van der Waals surface area contributed by atoms with Gasteiger partial charge in [0.05, 0.1) is 12.6 Å². The number of amides is 1. The van der Waals surface area contributed by atoms with Crippen LogP contribution in [0.1, 0.15) is 34.3 Å². The van der Waals surface area contributed by atoms with Crippen LogP contribution in [0.15, 0.2) is 18.2 Å². The van der Waals surface area contributed by atoms with Gasteiger partial charge in [-0.25, -0.2) is 0 Å². The molecule has 2 aliphatic heterocycles. The molecule has 0 bridgehead atoms. The lowest BCUT2D eigenvalue weighted by Crippen LogP contribution is -2.37. The molecular formula is C14H18N2O2. The number of carbonyl (C=O) groups excluding carboxylic acids is 1. The number of hydrogen-bond acceptors (Lipinski definition) is 3. The van der Waals surface area contributed by atoms with Crippen LogP contribution >= 0.6 is 0 Å². The van der Waals surface area contributed by atoms with Gasteiger partial charge in [0.15, 0.2) is 0 Å². The second-order valence-electron chi connectivity index (χ2n) is 5.06. The monoisotopic (exact) mass is 246 g/mol. The molecular weight excluding hydrogens is 228 g/mol. The molecule has 1 unspecified atom stereocenters. The first kappa shape index (κ1) is 11.7. The van der Waals surface area contributed by atoms with E-state index in [0.29, 0.717) is 0 Å². The number of rotatable bonds is 2. The van der Waals surface area contributed by atoms with Gasteiger partial charge in [-0.15, -0.1) is 0 Å². The van der Waals surface area contributed by atoms with E-state index < -0.39 is 0 Å². The summed E-state index contributed by atoms with van der Waals surface area (Å²) in [5, 5.41) is 12.6. The normalized spacial score (nSPS) is 22.3. The highest BCUT2D eigenvalue weighted by molar-refractivity contribution is 5.95. The fourth-order valence-corrected chi connectivity index (χ4v) is 2.89. The van der Waals surface area contributed by atoms with Crippen molar-refractivity contribution in [1.29, 1.82) is 0 Å². The van der Waals surface area contributed by atoms with Crippen LogP contribution in [0.25, 0.3) is 0 Å².